The number of anilines is 1. The van der Waals surface area contributed by atoms with Crippen LogP contribution in [0.3, 0.4) is 0 Å². The number of carbonyl (C=O) groups excluding carboxylic acids is 1. The molecule has 4 nitrogen and oxygen atoms in total. The molecular formula is C12H20N2O2S. The first-order valence-corrected chi connectivity index (χ1v) is 6.90. The van der Waals surface area contributed by atoms with E-state index in [2.05, 4.69) is 24.1 Å². The Balaban J connectivity index is 2.45. The fourth-order valence-corrected chi connectivity index (χ4v) is 2.35. The molecule has 0 saturated carbocycles. The molecule has 96 valence electrons. The van der Waals surface area contributed by atoms with Crippen LogP contribution >= 0.6 is 11.3 Å². The van der Waals surface area contributed by atoms with Gasteiger partial charge in [0.1, 0.15) is 0 Å². The Bertz CT molecular complexity index is 352. The lowest BCUT2D eigenvalue weighted by molar-refractivity contribution is -0.142. The summed E-state index contributed by atoms with van der Waals surface area (Å²) in [5.74, 6) is -0.217. The van der Waals surface area contributed by atoms with Gasteiger partial charge < -0.3 is 10.1 Å². The Morgan fingerprint density at radius 2 is 2.35 bits per heavy atom. The number of thiazole rings is 1. The fraction of sp³-hybridized carbons (Fsp3) is 0.667. The van der Waals surface area contributed by atoms with E-state index in [1.165, 1.54) is 11.3 Å². The number of carbonyl (C=O) groups is 1. The first kappa shape index (κ1) is 14.0. The summed E-state index contributed by atoms with van der Waals surface area (Å²) >= 11 is 1.53. The van der Waals surface area contributed by atoms with E-state index in [4.69, 9.17) is 4.74 Å². The number of nitrogens with zero attached hydrogens (tertiary/aromatic N) is 1. The second-order valence-corrected chi connectivity index (χ2v) is 4.82. The first-order valence-electron chi connectivity index (χ1n) is 6.02. The van der Waals surface area contributed by atoms with E-state index >= 15 is 0 Å². The molecular weight excluding hydrogens is 236 g/mol. The number of aromatic nitrogens is 1. The molecule has 1 unspecified atom stereocenters. The maximum absolute atomic E-state index is 11.3. The highest BCUT2D eigenvalue weighted by atomic mass is 32.1. The van der Waals surface area contributed by atoms with Crippen LogP contribution in [-0.4, -0.2) is 23.6 Å². The van der Waals surface area contributed by atoms with E-state index in [1.807, 2.05) is 5.38 Å². The zero-order chi connectivity index (χ0) is 12.7. The molecule has 0 saturated heterocycles. The van der Waals surface area contributed by atoms with Gasteiger partial charge in [0.25, 0.3) is 0 Å². The molecule has 0 fully saturated rings. The highest BCUT2D eigenvalue weighted by Gasteiger charge is 2.09. The Morgan fingerprint density at radius 3 is 3.00 bits per heavy atom. The van der Waals surface area contributed by atoms with E-state index in [0.717, 1.165) is 23.7 Å². The van der Waals surface area contributed by atoms with Gasteiger partial charge in [-0.2, -0.15) is 0 Å². The minimum atomic E-state index is -0.217. The van der Waals surface area contributed by atoms with Gasteiger partial charge in [0.15, 0.2) is 5.13 Å². The van der Waals surface area contributed by atoms with Crippen molar-refractivity contribution in [1.82, 2.24) is 4.98 Å². The van der Waals surface area contributed by atoms with Gasteiger partial charge in [-0.3, -0.25) is 4.79 Å². The van der Waals surface area contributed by atoms with Crippen molar-refractivity contribution >= 4 is 22.4 Å². The third kappa shape index (κ3) is 5.17. The Labute approximate surface area is 106 Å². The van der Waals surface area contributed by atoms with Crippen LogP contribution in [0.15, 0.2) is 5.38 Å². The largest absolute Gasteiger partial charge is 0.466 e. The number of ether oxygens (including phenoxy) is 1. The zero-order valence-electron chi connectivity index (χ0n) is 10.7. The molecule has 0 amide bonds. The molecule has 1 aromatic heterocycles. The van der Waals surface area contributed by atoms with Gasteiger partial charge >= 0.3 is 5.97 Å². The highest BCUT2D eigenvalue weighted by molar-refractivity contribution is 7.13. The summed E-state index contributed by atoms with van der Waals surface area (Å²) < 4.78 is 4.88. The maximum atomic E-state index is 11.3. The van der Waals surface area contributed by atoms with Gasteiger partial charge in [0.05, 0.1) is 18.7 Å². The summed E-state index contributed by atoms with van der Waals surface area (Å²) in [5, 5.41) is 6.10. The predicted octanol–water partition coefficient (Wildman–Crippen LogP) is 2.85. The molecule has 1 heterocycles. The van der Waals surface area contributed by atoms with Gasteiger partial charge in [-0.25, -0.2) is 4.98 Å². The number of nitrogens with one attached hydrogen (secondary N) is 1. The molecule has 0 spiro atoms. The third-order valence-corrected chi connectivity index (χ3v) is 3.10. The second-order valence-electron chi connectivity index (χ2n) is 3.96. The Hall–Kier alpha value is -1.10. The average Bonchev–Trinajstić information content (AvgIpc) is 2.66. The minimum absolute atomic E-state index is 0.217. The summed E-state index contributed by atoms with van der Waals surface area (Å²) in [6, 6.07) is 0.418. The van der Waals surface area contributed by atoms with Crippen molar-refractivity contribution in [2.75, 3.05) is 11.9 Å². The third-order valence-electron chi connectivity index (χ3n) is 2.27. The summed E-state index contributed by atoms with van der Waals surface area (Å²) in [4.78, 5) is 15.6. The van der Waals surface area contributed by atoms with E-state index in [-0.39, 0.29) is 12.4 Å². The predicted molar refractivity (Wildman–Crippen MR) is 70.4 cm³/mol. The number of hydrogen-bond donors (Lipinski definition) is 1. The molecule has 1 atom stereocenters. The van der Waals surface area contributed by atoms with Crippen molar-refractivity contribution < 1.29 is 9.53 Å². The Kier molecular flexibility index (Phi) is 5.97. The lowest BCUT2D eigenvalue weighted by Crippen LogP contribution is -2.14. The van der Waals surface area contributed by atoms with Crippen molar-refractivity contribution in [3.8, 4) is 0 Å². The molecule has 0 bridgehead atoms. The molecule has 5 heteroatoms. The van der Waals surface area contributed by atoms with Crippen molar-refractivity contribution in [3.05, 3.63) is 11.1 Å². The monoisotopic (exact) mass is 256 g/mol. The van der Waals surface area contributed by atoms with E-state index in [1.54, 1.807) is 6.92 Å². The molecule has 0 aliphatic heterocycles. The van der Waals surface area contributed by atoms with Crippen LogP contribution < -0.4 is 5.32 Å². The zero-order valence-corrected chi connectivity index (χ0v) is 11.5. The molecule has 0 aliphatic rings. The molecule has 0 aromatic carbocycles. The van der Waals surface area contributed by atoms with Gasteiger partial charge in [0.2, 0.25) is 0 Å². The summed E-state index contributed by atoms with van der Waals surface area (Å²) in [6.45, 7) is 6.52. The quantitative estimate of drug-likeness (QED) is 0.762. The summed E-state index contributed by atoms with van der Waals surface area (Å²) in [6.07, 6.45) is 2.52. The summed E-state index contributed by atoms with van der Waals surface area (Å²) in [7, 11) is 0. The van der Waals surface area contributed by atoms with Crippen LogP contribution in [0.25, 0.3) is 0 Å². The number of rotatable bonds is 7. The van der Waals surface area contributed by atoms with Crippen LogP contribution in [0.4, 0.5) is 5.13 Å². The minimum Gasteiger partial charge on any atom is -0.466 e. The number of hydrogen-bond acceptors (Lipinski definition) is 5. The smallest absolute Gasteiger partial charge is 0.311 e. The van der Waals surface area contributed by atoms with Crippen LogP contribution in [0, 0.1) is 0 Å². The first-order chi connectivity index (χ1) is 8.15. The molecule has 0 aliphatic carbocycles. The number of esters is 1. The Morgan fingerprint density at radius 1 is 1.59 bits per heavy atom. The van der Waals surface area contributed by atoms with Crippen LogP contribution in [0.1, 0.15) is 39.3 Å². The summed E-state index contributed by atoms with van der Waals surface area (Å²) in [5.41, 5.74) is 0.777. The maximum Gasteiger partial charge on any atom is 0.311 e. The lowest BCUT2D eigenvalue weighted by Gasteiger charge is -2.10. The second kappa shape index (κ2) is 7.27. The van der Waals surface area contributed by atoms with Crippen molar-refractivity contribution in [1.29, 1.82) is 0 Å². The van der Waals surface area contributed by atoms with E-state index in [9.17, 15) is 4.79 Å². The van der Waals surface area contributed by atoms with Gasteiger partial charge in [0, 0.05) is 11.4 Å². The van der Waals surface area contributed by atoms with Gasteiger partial charge in [-0.1, -0.05) is 13.3 Å². The molecule has 1 N–H and O–H groups in total. The van der Waals surface area contributed by atoms with Crippen LogP contribution in [0.2, 0.25) is 0 Å². The van der Waals surface area contributed by atoms with Crippen molar-refractivity contribution in [3.63, 3.8) is 0 Å². The topological polar surface area (TPSA) is 51.2 Å². The molecule has 1 aromatic rings. The van der Waals surface area contributed by atoms with Crippen molar-refractivity contribution in [2.45, 2.75) is 46.1 Å². The highest BCUT2D eigenvalue weighted by Crippen LogP contribution is 2.18. The standard InChI is InChI=1S/C12H20N2O2S/c1-4-6-9(3)13-12-14-10(8-17-12)7-11(15)16-5-2/h8-9H,4-7H2,1-3H3,(H,13,14). The SMILES string of the molecule is CCCC(C)Nc1nc(CC(=O)OCC)cs1. The molecule has 1 rings (SSSR count). The van der Waals surface area contributed by atoms with Gasteiger partial charge in [-0.15, -0.1) is 11.3 Å². The molecule has 0 radical (unpaired) electrons. The molecule has 17 heavy (non-hydrogen) atoms. The average molecular weight is 256 g/mol. The van der Waals surface area contributed by atoms with Crippen molar-refractivity contribution in [2.24, 2.45) is 0 Å². The van der Waals surface area contributed by atoms with Gasteiger partial charge in [-0.05, 0) is 20.3 Å². The van der Waals surface area contributed by atoms with E-state index < -0.39 is 0 Å². The van der Waals surface area contributed by atoms with E-state index in [0.29, 0.717) is 12.6 Å². The van der Waals surface area contributed by atoms with Crippen LogP contribution in [-0.2, 0) is 16.0 Å². The lowest BCUT2D eigenvalue weighted by atomic mass is 10.2. The fourth-order valence-electron chi connectivity index (χ4n) is 1.53. The van der Waals surface area contributed by atoms with Crippen LogP contribution in [0.5, 0.6) is 0 Å². The normalized spacial score (nSPS) is 12.2.